The fourth-order valence-corrected chi connectivity index (χ4v) is 2.52. The van der Waals surface area contributed by atoms with Crippen molar-refractivity contribution in [3.63, 3.8) is 0 Å². The molecule has 0 aliphatic heterocycles. The zero-order chi connectivity index (χ0) is 20.0. The van der Waals surface area contributed by atoms with Crippen LogP contribution in [0.3, 0.4) is 0 Å². The lowest BCUT2D eigenvalue weighted by atomic mass is 9.87. The summed E-state index contributed by atoms with van der Waals surface area (Å²) in [6, 6.07) is 7.73. The number of benzene rings is 1. The van der Waals surface area contributed by atoms with Crippen molar-refractivity contribution in [2.45, 2.75) is 44.9 Å². The molecular weight excluding hydrogens is 362 g/mol. The zero-order valence-corrected chi connectivity index (χ0v) is 17.6. The van der Waals surface area contributed by atoms with Gasteiger partial charge < -0.3 is 9.64 Å². The highest BCUT2D eigenvalue weighted by molar-refractivity contribution is 7.98. The van der Waals surface area contributed by atoms with Crippen molar-refractivity contribution >= 4 is 23.7 Å². The van der Waals surface area contributed by atoms with Gasteiger partial charge in [0.1, 0.15) is 12.4 Å². The minimum atomic E-state index is -0.264. The van der Waals surface area contributed by atoms with Crippen LogP contribution in [0.1, 0.15) is 39.1 Å². The van der Waals surface area contributed by atoms with Crippen LogP contribution in [0, 0.1) is 0 Å². The topological polar surface area (TPSA) is 80.2 Å². The van der Waals surface area contributed by atoms with Gasteiger partial charge in [0.25, 0.3) is 0 Å². The molecule has 0 bridgehead atoms. The molecule has 1 N–H and O–H groups in total. The minimum absolute atomic E-state index is 0.0960. The van der Waals surface area contributed by atoms with Gasteiger partial charge >= 0.3 is 6.03 Å². The monoisotopic (exact) mass is 389 g/mol. The van der Waals surface area contributed by atoms with E-state index in [1.54, 1.807) is 7.05 Å². The van der Waals surface area contributed by atoms with Crippen molar-refractivity contribution < 1.29 is 9.53 Å². The van der Waals surface area contributed by atoms with Gasteiger partial charge in [0.15, 0.2) is 11.0 Å². The number of amides is 2. The van der Waals surface area contributed by atoms with Gasteiger partial charge in [-0.15, -0.1) is 0 Å². The van der Waals surface area contributed by atoms with Crippen molar-refractivity contribution in [1.82, 2.24) is 19.9 Å². The largest absolute Gasteiger partial charge is 0.486 e. The lowest BCUT2D eigenvalue weighted by Crippen LogP contribution is -2.31. The second kappa shape index (κ2) is 9.03. The van der Waals surface area contributed by atoms with Crippen molar-refractivity contribution in [3.8, 4) is 5.75 Å². The first-order valence-electron chi connectivity index (χ1n) is 8.77. The van der Waals surface area contributed by atoms with Crippen molar-refractivity contribution in [1.29, 1.82) is 0 Å². The molecule has 0 fully saturated rings. The maximum Gasteiger partial charge on any atom is 0.323 e. The molecule has 0 aliphatic carbocycles. The highest BCUT2D eigenvalue weighted by Crippen LogP contribution is 2.24. The number of nitrogens with zero attached hydrogens (tertiary/aromatic N) is 4. The average molecular weight is 390 g/mol. The molecule has 1 aromatic heterocycles. The van der Waals surface area contributed by atoms with Gasteiger partial charge in [-0.1, -0.05) is 44.7 Å². The van der Waals surface area contributed by atoms with Gasteiger partial charge in [0, 0.05) is 13.6 Å². The van der Waals surface area contributed by atoms with Crippen LogP contribution in [0.2, 0.25) is 0 Å². The van der Waals surface area contributed by atoms with Gasteiger partial charge in [-0.25, -0.2) is 9.78 Å². The van der Waals surface area contributed by atoms with Crippen LogP contribution in [0.5, 0.6) is 5.75 Å². The summed E-state index contributed by atoms with van der Waals surface area (Å²) < 4.78 is 5.80. The molecular formula is C19H27N5O2S. The van der Waals surface area contributed by atoms with Gasteiger partial charge in [-0.2, -0.15) is 9.97 Å². The number of hydrogen-bond donors (Lipinski definition) is 1. The number of carbonyl (C=O) groups excluding carboxylic acids is 1. The Hall–Kier alpha value is -2.35. The van der Waals surface area contributed by atoms with Crippen molar-refractivity contribution in [2.75, 3.05) is 25.2 Å². The highest BCUT2D eigenvalue weighted by atomic mass is 32.2. The normalized spacial score (nSPS) is 11.2. The number of thioether (sulfide) groups is 1. The molecule has 146 valence electrons. The number of urea groups is 1. The maximum absolute atomic E-state index is 12.0. The van der Waals surface area contributed by atoms with Crippen LogP contribution in [-0.4, -0.2) is 45.7 Å². The Bertz CT molecular complexity index is 775. The number of rotatable bonds is 6. The predicted molar refractivity (Wildman–Crippen MR) is 108 cm³/mol. The molecule has 1 heterocycles. The summed E-state index contributed by atoms with van der Waals surface area (Å²) in [6.07, 6.45) is 1.87. The molecule has 2 amide bonds. The average Bonchev–Trinajstić information content (AvgIpc) is 2.65. The Morgan fingerprint density at radius 1 is 1.19 bits per heavy atom. The van der Waals surface area contributed by atoms with Crippen LogP contribution >= 0.6 is 11.8 Å². The highest BCUT2D eigenvalue weighted by Gasteiger charge is 2.14. The fourth-order valence-electron chi connectivity index (χ4n) is 2.14. The summed E-state index contributed by atoms with van der Waals surface area (Å²) in [7, 11) is 1.71. The minimum Gasteiger partial charge on any atom is -0.486 e. The molecule has 7 nitrogen and oxygen atoms in total. The van der Waals surface area contributed by atoms with Crippen LogP contribution in [0.4, 0.5) is 10.7 Å². The van der Waals surface area contributed by atoms with Crippen molar-refractivity contribution in [2.24, 2.45) is 0 Å². The predicted octanol–water partition coefficient (Wildman–Crippen LogP) is 3.95. The number of anilines is 1. The second-order valence-corrected chi connectivity index (χ2v) is 7.84. The van der Waals surface area contributed by atoms with Crippen molar-refractivity contribution in [3.05, 3.63) is 35.7 Å². The number of carbonyl (C=O) groups is 1. The summed E-state index contributed by atoms with van der Waals surface area (Å²) in [6.45, 7) is 9.19. The molecule has 27 heavy (non-hydrogen) atoms. The van der Waals surface area contributed by atoms with E-state index in [4.69, 9.17) is 4.74 Å². The third-order valence-electron chi connectivity index (χ3n) is 3.97. The lowest BCUT2D eigenvalue weighted by Gasteiger charge is -2.19. The third kappa shape index (κ3) is 6.09. The number of ether oxygens (including phenoxy) is 1. The molecule has 2 rings (SSSR count). The Kier molecular flexibility index (Phi) is 7.01. The summed E-state index contributed by atoms with van der Waals surface area (Å²) in [5.74, 6) is 1.43. The van der Waals surface area contributed by atoms with Crippen LogP contribution in [0.15, 0.2) is 29.4 Å². The molecule has 1 aromatic carbocycles. The number of hydrogen-bond acceptors (Lipinski definition) is 6. The van der Waals surface area contributed by atoms with Gasteiger partial charge in [-0.3, -0.25) is 5.32 Å². The van der Waals surface area contributed by atoms with Crippen LogP contribution < -0.4 is 10.1 Å². The fraction of sp³-hybridized carbons (Fsp3) is 0.474. The van der Waals surface area contributed by atoms with Crippen LogP contribution in [0.25, 0.3) is 0 Å². The summed E-state index contributed by atoms with van der Waals surface area (Å²) in [5.41, 5.74) is 1.34. The Morgan fingerprint density at radius 3 is 2.41 bits per heavy atom. The number of aromatic nitrogens is 3. The van der Waals surface area contributed by atoms with Crippen LogP contribution in [-0.2, 0) is 12.0 Å². The van der Waals surface area contributed by atoms with E-state index < -0.39 is 0 Å². The molecule has 2 aromatic rings. The number of nitrogens with one attached hydrogen (secondary N) is 1. The molecule has 0 saturated heterocycles. The van der Waals surface area contributed by atoms with Gasteiger partial charge in [-0.05, 0) is 36.3 Å². The molecule has 0 aliphatic rings. The van der Waals surface area contributed by atoms with E-state index in [9.17, 15) is 4.79 Å². The first kappa shape index (κ1) is 21.0. The van der Waals surface area contributed by atoms with E-state index in [-0.39, 0.29) is 24.0 Å². The van der Waals surface area contributed by atoms with E-state index in [1.165, 1.54) is 22.2 Å². The van der Waals surface area contributed by atoms with E-state index in [1.807, 2.05) is 25.3 Å². The summed E-state index contributed by atoms with van der Waals surface area (Å²) in [5, 5.41) is 3.21. The van der Waals surface area contributed by atoms with E-state index >= 15 is 0 Å². The second-order valence-electron chi connectivity index (χ2n) is 7.07. The molecule has 8 heteroatoms. The van der Waals surface area contributed by atoms with E-state index in [2.05, 4.69) is 53.2 Å². The van der Waals surface area contributed by atoms with E-state index in [0.717, 1.165) is 5.75 Å². The van der Waals surface area contributed by atoms with Gasteiger partial charge in [0.2, 0.25) is 5.95 Å². The lowest BCUT2D eigenvalue weighted by molar-refractivity contribution is 0.224. The molecule has 0 saturated carbocycles. The SMILES string of the molecule is CCN(C)C(=O)Nc1nc(COc2ccc(C(C)(C)C)cc2)nc(SC)n1. The first-order chi connectivity index (χ1) is 12.7. The summed E-state index contributed by atoms with van der Waals surface area (Å²) in [4.78, 5) is 26.4. The standard InChI is InChI=1S/C19H27N5O2S/c1-7-24(5)18(25)23-16-20-15(21-17(22-16)27-6)12-26-14-10-8-13(9-11-14)19(2,3)4/h8-11H,7,12H2,1-6H3,(H,20,21,22,23,25). The zero-order valence-electron chi connectivity index (χ0n) is 16.7. The summed E-state index contributed by atoms with van der Waals surface area (Å²) >= 11 is 1.38. The Balaban J connectivity index is 2.09. The Labute approximate surface area is 165 Å². The Morgan fingerprint density at radius 2 is 1.85 bits per heavy atom. The maximum atomic E-state index is 12.0. The van der Waals surface area contributed by atoms with Gasteiger partial charge in [0.05, 0.1) is 0 Å². The smallest absolute Gasteiger partial charge is 0.323 e. The first-order valence-corrected chi connectivity index (χ1v) is 9.99. The third-order valence-corrected chi connectivity index (χ3v) is 4.52. The molecule has 0 atom stereocenters. The quantitative estimate of drug-likeness (QED) is 0.754. The molecule has 0 radical (unpaired) electrons. The van der Waals surface area contributed by atoms with E-state index in [0.29, 0.717) is 17.5 Å². The molecule has 0 unspecified atom stereocenters. The molecule has 0 spiro atoms.